The van der Waals surface area contributed by atoms with Crippen LogP contribution in [0.1, 0.15) is 24.3 Å². The highest BCUT2D eigenvalue weighted by Crippen LogP contribution is 2.21. The number of nitrogens with zero attached hydrogens (tertiary/aromatic N) is 2. The third kappa shape index (κ3) is 5.90. The molecule has 2 rings (SSSR count). The maximum atomic E-state index is 14.2. The predicted octanol–water partition coefficient (Wildman–Crippen LogP) is 2.09. The molecular formula is C17H20F4N6O2. The number of alkyl halides is 3. The summed E-state index contributed by atoms with van der Waals surface area (Å²) in [6.07, 6.45) is -2.26. The molecule has 0 fully saturated rings. The van der Waals surface area contributed by atoms with E-state index in [0.717, 1.165) is 6.20 Å². The van der Waals surface area contributed by atoms with E-state index in [1.807, 2.05) is 0 Å². The van der Waals surface area contributed by atoms with Gasteiger partial charge in [0.05, 0.1) is 6.20 Å². The summed E-state index contributed by atoms with van der Waals surface area (Å²) in [7, 11) is 1.45. The van der Waals surface area contributed by atoms with Crippen LogP contribution >= 0.6 is 0 Å². The van der Waals surface area contributed by atoms with E-state index >= 15 is 0 Å². The summed E-state index contributed by atoms with van der Waals surface area (Å²) in [5.74, 6) is -2.96. The first-order valence-electron chi connectivity index (χ1n) is 8.56. The predicted molar refractivity (Wildman–Crippen MR) is 96.5 cm³/mol. The molecule has 158 valence electrons. The van der Waals surface area contributed by atoms with E-state index < -0.39 is 36.4 Å². The smallest absolute Gasteiger partial charge is 0.356 e. The van der Waals surface area contributed by atoms with E-state index in [-0.39, 0.29) is 23.2 Å². The van der Waals surface area contributed by atoms with Gasteiger partial charge in [0.2, 0.25) is 5.91 Å². The summed E-state index contributed by atoms with van der Waals surface area (Å²) in [6.45, 7) is 1.68. The van der Waals surface area contributed by atoms with Gasteiger partial charge in [-0.1, -0.05) is 13.8 Å². The van der Waals surface area contributed by atoms with Crippen LogP contribution in [0.25, 0.3) is 11.4 Å². The Hall–Kier alpha value is -3.18. The number of carbonyl (C=O) groups excluding carboxylic acids is 2. The van der Waals surface area contributed by atoms with Crippen molar-refractivity contribution in [1.82, 2.24) is 25.6 Å². The van der Waals surface area contributed by atoms with Crippen LogP contribution in [-0.2, 0) is 4.79 Å². The number of hydrogen-bond acceptors (Lipinski definition) is 5. The minimum absolute atomic E-state index is 0.0542. The number of carbonyl (C=O) groups is 2. The fourth-order valence-electron chi connectivity index (χ4n) is 2.38. The van der Waals surface area contributed by atoms with Crippen LogP contribution in [0.4, 0.5) is 23.4 Å². The molecule has 2 aromatic heterocycles. The van der Waals surface area contributed by atoms with E-state index in [2.05, 4.69) is 25.6 Å². The number of hydrogen-bond donors (Lipinski definition) is 4. The van der Waals surface area contributed by atoms with E-state index in [0.29, 0.717) is 5.56 Å². The van der Waals surface area contributed by atoms with Gasteiger partial charge in [-0.3, -0.25) is 9.59 Å². The Balaban J connectivity index is 2.24. The molecule has 0 aliphatic carbocycles. The fourth-order valence-corrected chi connectivity index (χ4v) is 2.38. The summed E-state index contributed by atoms with van der Waals surface area (Å²) in [6, 6.07) is 0.286. The van der Waals surface area contributed by atoms with Crippen molar-refractivity contribution in [1.29, 1.82) is 0 Å². The standard InChI is InChI=1S/C17H20F4N6O2/c1-8(2)12(16(29)25-7-17(19,20)21)26-14-10(18)6-24-13(27-14)9-4-11(23-5-9)15(28)22-3/h4-6,8,12,23H,7H2,1-3H3,(H,22,28)(H,25,29)(H,24,26,27)/t12-/m1/s1. The molecule has 0 saturated heterocycles. The highest BCUT2D eigenvalue weighted by atomic mass is 19.4. The van der Waals surface area contributed by atoms with Crippen molar-refractivity contribution in [3.8, 4) is 11.4 Å². The van der Waals surface area contributed by atoms with Crippen LogP contribution in [0.15, 0.2) is 18.5 Å². The Morgan fingerprint density at radius 3 is 2.55 bits per heavy atom. The van der Waals surface area contributed by atoms with Crippen molar-refractivity contribution in [2.75, 3.05) is 18.9 Å². The quantitative estimate of drug-likeness (QED) is 0.517. The minimum atomic E-state index is -4.57. The van der Waals surface area contributed by atoms with Crippen molar-refractivity contribution in [3.63, 3.8) is 0 Å². The van der Waals surface area contributed by atoms with Gasteiger partial charge in [-0.15, -0.1) is 0 Å². The monoisotopic (exact) mass is 416 g/mol. The average molecular weight is 416 g/mol. The highest BCUT2D eigenvalue weighted by molar-refractivity contribution is 5.93. The Morgan fingerprint density at radius 2 is 1.97 bits per heavy atom. The topological polar surface area (TPSA) is 112 Å². The van der Waals surface area contributed by atoms with Crippen LogP contribution in [0.3, 0.4) is 0 Å². The van der Waals surface area contributed by atoms with Crippen LogP contribution in [0.5, 0.6) is 0 Å². The number of aromatic nitrogens is 3. The minimum Gasteiger partial charge on any atom is -0.356 e. The molecule has 0 bridgehead atoms. The lowest BCUT2D eigenvalue weighted by atomic mass is 10.0. The Labute approximate surface area is 163 Å². The van der Waals surface area contributed by atoms with Crippen LogP contribution < -0.4 is 16.0 Å². The lowest BCUT2D eigenvalue weighted by molar-refractivity contribution is -0.139. The second kappa shape index (κ2) is 8.88. The number of halogens is 4. The highest BCUT2D eigenvalue weighted by Gasteiger charge is 2.31. The number of H-pyrrole nitrogens is 1. The van der Waals surface area contributed by atoms with Gasteiger partial charge >= 0.3 is 6.18 Å². The third-order valence-corrected chi connectivity index (χ3v) is 3.86. The maximum absolute atomic E-state index is 14.2. The lowest BCUT2D eigenvalue weighted by Gasteiger charge is -2.23. The third-order valence-electron chi connectivity index (χ3n) is 3.86. The zero-order valence-electron chi connectivity index (χ0n) is 15.8. The zero-order chi connectivity index (χ0) is 21.8. The maximum Gasteiger partial charge on any atom is 0.405 e. The first-order valence-corrected chi connectivity index (χ1v) is 8.56. The zero-order valence-corrected chi connectivity index (χ0v) is 15.8. The van der Waals surface area contributed by atoms with Gasteiger partial charge in [-0.05, 0) is 12.0 Å². The van der Waals surface area contributed by atoms with Gasteiger partial charge in [0.25, 0.3) is 5.91 Å². The van der Waals surface area contributed by atoms with Crippen molar-refractivity contribution in [2.24, 2.45) is 5.92 Å². The molecule has 4 N–H and O–H groups in total. The van der Waals surface area contributed by atoms with Crippen LogP contribution in [-0.4, -0.2) is 52.6 Å². The summed E-state index contributed by atoms with van der Waals surface area (Å²) in [5, 5.41) is 6.74. The molecule has 1 atom stereocenters. The number of nitrogens with one attached hydrogen (secondary N) is 4. The van der Waals surface area contributed by atoms with Gasteiger partial charge in [-0.25, -0.2) is 14.4 Å². The molecule has 12 heteroatoms. The Bertz CT molecular complexity index is 881. The van der Waals surface area contributed by atoms with Gasteiger partial charge in [0, 0.05) is 18.8 Å². The van der Waals surface area contributed by atoms with E-state index in [4.69, 9.17) is 0 Å². The molecule has 0 radical (unpaired) electrons. The number of aromatic amines is 1. The summed E-state index contributed by atoms with van der Waals surface area (Å²) in [4.78, 5) is 34.3. The normalized spacial score (nSPS) is 12.6. The summed E-state index contributed by atoms with van der Waals surface area (Å²) < 4.78 is 51.2. The fraction of sp³-hybridized carbons (Fsp3) is 0.412. The molecule has 8 nitrogen and oxygen atoms in total. The molecule has 2 heterocycles. The van der Waals surface area contributed by atoms with Crippen LogP contribution in [0.2, 0.25) is 0 Å². The molecule has 0 saturated carbocycles. The molecule has 2 aromatic rings. The SMILES string of the molecule is CNC(=O)c1cc(-c2ncc(F)c(N[C@@H](C(=O)NCC(F)(F)F)C(C)C)n2)c[nH]1. The van der Waals surface area contributed by atoms with Crippen molar-refractivity contribution in [2.45, 2.75) is 26.1 Å². The Morgan fingerprint density at radius 1 is 1.28 bits per heavy atom. The van der Waals surface area contributed by atoms with Crippen molar-refractivity contribution in [3.05, 3.63) is 30.0 Å². The van der Waals surface area contributed by atoms with Crippen molar-refractivity contribution < 1.29 is 27.2 Å². The van der Waals surface area contributed by atoms with Crippen molar-refractivity contribution >= 4 is 17.6 Å². The number of rotatable bonds is 7. The summed E-state index contributed by atoms with van der Waals surface area (Å²) >= 11 is 0. The first-order chi connectivity index (χ1) is 13.5. The van der Waals surface area contributed by atoms with Gasteiger partial charge in [-0.2, -0.15) is 13.2 Å². The number of amides is 2. The van der Waals surface area contributed by atoms with E-state index in [9.17, 15) is 27.2 Å². The molecular weight excluding hydrogens is 396 g/mol. The molecule has 29 heavy (non-hydrogen) atoms. The van der Waals surface area contributed by atoms with Gasteiger partial charge < -0.3 is 20.9 Å². The van der Waals surface area contributed by atoms with E-state index in [1.54, 1.807) is 19.2 Å². The average Bonchev–Trinajstić information content (AvgIpc) is 3.14. The first kappa shape index (κ1) is 22.1. The molecule has 0 aliphatic heterocycles. The van der Waals surface area contributed by atoms with Gasteiger partial charge in [0.1, 0.15) is 18.3 Å². The molecule has 0 aliphatic rings. The molecule has 2 amide bonds. The Kier molecular flexibility index (Phi) is 6.77. The molecule has 0 spiro atoms. The van der Waals surface area contributed by atoms with Crippen LogP contribution in [0, 0.1) is 11.7 Å². The largest absolute Gasteiger partial charge is 0.405 e. The van der Waals surface area contributed by atoms with E-state index in [1.165, 1.54) is 19.3 Å². The lowest BCUT2D eigenvalue weighted by Crippen LogP contribution is -2.46. The number of anilines is 1. The second-order valence-corrected chi connectivity index (χ2v) is 6.47. The second-order valence-electron chi connectivity index (χ2n) is 6.47. The molecule has 0 aromatic carbocycles. The summed E-state index contributed by atoms with van der Waals surface area (Å²) in [5.41, 5.74) is 0.616. The molecule has 0 unspecified atom stereocenters. The van der Waals surface area contributed by atoms with Gasteiger partial charge in [0.15, 0.2) is 17.5 Å².